The lowest BCUT2D eigenvalue weighted by atomic mass is 10.2. The minimum Gasteiger partial charge on any atom is -0.497 e. The van der Waals surface area contributed by atoms with Crippen molar-refractivity contribution in [2.75, 3.05) is 19.0 Å². The maximum Gasteiger partial charge on any atom is 0.227 e. The molecule has 0 fully saturated rings. The van der Waals surface area contributed by atoms with Gasteiger partial charge in [-0.15, -0.1) is 0 Å². The molecule has 0 amide bonds. The Labute approximate surface area is 177 Å². The van der Waals surface area contributed by atoms with Crippen molar-refractivity contribution in [3.8, 4) is 11.6 Å². The fraction of sp³-hybridized carbons (Fsp3) is 0.333. The highest BCUT2D eigenvalue weighted by Gasteiger charge is 2.15. The van der Waals surface area contributed by atoms with E-state index in [1.54, 1.807) is 13.2 Å². The Balaban J connectivity index is 2.08. The molecule has 0 atom stereocenters. The Kier molecular flexibility index (Phi) is 7.12. The molecule has 0 aliphatic rings. The van der Waals surface area contributed by atoms with Crippen molar-refractivity contribution in [2.45, 2.75) is 40.3 Å². The molecule has 30 heavy (non-hydrogen) atoms. The van der Waals surface area contributed by atoms with E-state index in [2.05, 4.69) is 33.9 Å². The molecule has 0 spiro atoms. The molecular formula is C24H29N3O3. The van der Waals surface area contributed by atoms with Crippen molar-refractivity contribution in [3.63, 3.8) is 0 Å². The highest BCUT2D eigenvalue weighted by Crippen LogP contribution is 2.25. The van der Waals surface area contributed by atoms with Crippen LogP contribution in [0.15, 0.2) is 53.3 Å². The topological polar surface area (TPSA) is 65.4 Å². The van der Waals surface area contributed by atoms with Gasteiger partial charge in [0.05, 0.1) is 19.2 Å². The van der Waals surface area contributed by atoms with Crippen LogP contribution in [-0.2, 0) is 13.1 Å². The van der Waals surface area contributed by atoms with Crippen molar-refractivity contribution in [2.24, 2.45) is 0 Å². The SMILES string of the molecule is CC/C=C/Cn1c(NCc2cccc(OC)c2)cc(=O)c2c(OCC)nc(C)cc21. The number of nitrogens with zero attached hydrogens (tertiary/aromatic N) is 2. The maximum atomic E-state index is 13.0. The van der Waals surface area contributed by atoms with E-state index < -0.39 is 0 Å². The summed E-state index contributed by atoms with van der Waals surface area (Å²) in [6.45, 7) is 7.57. The Bertz CT molecular complexity index is 1100. The standard InChI is InChI=1S/C24H29N3O3/c1-5-7-8-12-27-20-13-17(3)26-24(30-6-2)23(20)21(28)15-22(27)25-16-18-10-9-11-19(14-18)29-4/h7-11,13-15,25H,5-6,12,16H2,1-4H3/b8-7+. The van der Waals surface area contributed by atoms with Crippen molar-refractivity contribution in [3.05, 3.63) is 70.0 Å². The predicted molar refractivity (Wildman–Crippen MR) is 122 cm³/mol. The van der Waals surface area contributed by atoms with Crippen LogP contribution in [0.4, 0.5) is 5.82 Å². The molecule has 158 valence electrons. The summed E-state index contributed by atoms with van der Waals surface area (Å²) in [5.41, 5.74) is 2.58. The fourth-order valence-corrected chi connectivity index (χ4v) is 3.38. The number of pyridine rings is 2. The van der Waals surface area contributed by atoms with E-state index in [0.29, 0.717) is 31.0 Å². The monoisotopic (exact) mass is 407 g/mol. The number of methoxy groups -OCH3 is 1. The van der Waals surface area contributed by atoms with Crippen LogP contribution < -0.4 is 20.2 Å². The molecular weight excluding hydrogens is 378 g/mol. The highest BCUT2D eigenvalue weighted by atomic mass is 16.5. The average Bonchev–Trinajstić information content (AvgIpc) is 2.74. The third-order valence-corrected chi connectivity index (χ3v) is 4.77. The second-order valence-electron chi connectivity index (χ2n) is 6.99. The van der Waals surface area contributed by atoms with Crippen LogP contribution in [0.1, 0.15) is 31.5 Å². The van der Waals surface area contributed by atoms with Gasteiger partial charge in [0.2, 0.25) is 5.88 Å². The number of aromatic nitrogens is 2. The first-order valence-electron chi connectivity index (χ1n) is 10.3. The first-order valence-corrected chi connectivity index (χ1v) is 10.3. The normalized spacial score (nSPS) is 11.2. The zero-order valence-corrected chi connectivity index (χ0v) is 18.1. The van der Waals surface area contributed by atoms with Gasteiger partial charge in [0.1, 0.15) is 17.0 Å². The molecule has 2 aromatic heterocycles. The summed E-state index contributed by atoms with van der Waals surface area (Å²) >= 11 is 0. The molecule has 1 aromatic carbocycles. The zero-order valence-electron chi connectivity index (χ0n) is 18.1. The minimum absolute atomic E-state index is 0.107. The number of hydrogen-bond donors (Lipinski definition) is 1. The van der Waals surface area contributed by atoms with Gasteiger partial charge in [0, 0.05) is 24.8 Å². The van der Waals surface area contributed by atoms with Crippen LogP contribution in [0, 0.1) is 6.92 Å². The van der Waals surface area contributed by atoms with E-state index in [-0.39, 0.29) is 5.43 Å². The summed E-state index contributed by atoms with van der Waals surface area (Å²) in [5, 5.41) is 3.94. The predicted octanol–water partition coefficient (Wildman–Crippen LogP) is 4.69. The lowest BCUT2D eigenvalue weighted by Gasteiger charge is -2.18. The van der Waals surface area contributed by atoms with Gasteiger partial charge in [-0.25, -0.2) is 4.98 Å². The van der Waals surface area contributed by atoms with Gasteiger partial charge in [0.15, 0.2) is 5.43 Å². The van der Waals surface area contributed by atoms with Crippen LogP contribution in [0.2, 0.25) is 0 Å². The Morgan fingerprint density at radius 2 is 2.00 bits per heavy atom. The number of ether oxygens (including phenoxy) is 2. The first kappa shape index (κ1) is 21.4. The van der Waals surface area contributed by atoms with Crippen molar-refractivity contribution < 1.29 is 9.47 Å². The molecule has 0 radical (unpaired) electrons. The average molecular weight is 408 g/mol. The van der Waals surface area contributed by atoms with Crippen molar-refractivity contribution >= 4 is 16.7 Å². The minimum atomic E-state index is -0.107. The molecule has 3 rings (SSSR count). The number of fused-ring (bicyclic) bond motifs is 1. The van der Waals surface area contributed by atoms with Gasteiger partial charge in [-0.2, -0.15) is 0 Å². The summed E-state index contributed by atoms with van der Waals surface area (Å²) in [7, 11) is 1.65. The smallest absolute Gasteiger partial charge is 0.227 e. The Morgan fingerprint density at radius 3 is 2.73 bits per heavy atom. The zero-order chi connectivity index (χ0) is 21.5. The van der Waals surface area contributed by atoms with Crippen LogP contribution >= 0.6 is 0 Å². The Morgan fingerprint density at radius 1 is 1.17 bits per heavy atom. The maximum absolute atomic E-state index is 13.0. The lowest BCUT2D eigenvalue weighted by Crippen LogP contribution is -2.17. The summed E-state index contributed by atoms with van der Waals surface area (Å²) in [4.78, 5) is 17.4. The van der Waals surface area contributed by atoms with Crippen LogP contribution in [0.25, 0.3) is 10.9 Å². The molecule has 0 bridgehead atoms. The number of rotatable bonds is 9. The van der Waals surface area contributed by atoms with Crippen LogP contribution in [0.5, 0.6) is 11.6 Å². The van der Waals surface area contributed by atoms with E-state index in [1.165, 1.54) is 0 Å². The molecule has 0 saturated carbocycles. The lowest BCUT2D eigenvalue weighted by molar-refractivity contribution is 0.330. The molecule has 1 N–H and O–H groups in total. The molecule has 0 unspecified atom stereocenters. The van der Waals surface area contributed by atoms with E-state index in [4.69, 9.17) is 9.47 Å². The number of allylic oxidation sites excluding steroid dienone is 2. The van der Waals surface area contributed by atoms with Gasteiger partial charge in [-0.3, -0.25) is 4.79 Å². The number of hydrogen-bond acceptors (Lipinski definition) is 5. The fourth-order valence-electron chi connectivity index (χ4n) is 3.38. The number of aryl methyl sites for hydroxylation is 1. The quantitative estimate of drug-likeness (QED) is 0.521. The van der Waals surface area contributed by atoms with E-state index in [0.717, 1.165) is 34.8 Å². The molecule has 2 heterocycles. The second-order valence-corrected chi connectivity index (χ2v) is 6.99. The molecule has 0 aliphatic carbocycles. The number of anilines is 1. The largest absolute Gasteiger partial charge is 0.497 e. The molecule has 0 aliphatic heterocycles. The first-order chi connectivity index (χ1) is 14.6. The summed E-state index contributed by atoms with van der Waals surface area (Å²) in [6, 6.07) is 11.4. The Hall–Kier alpha value is -3.28. The third-order valence-electron chi connectivity index (χ3n) is 4.77. The van der Waals surface area contributed by atoms with Crippen molar-refractivity contribution in [1.82, 2.24) is 9.55 Å². The van der Waals surface area contributed by atoms with Gasteiger partial charge >= 0.3 is 0 Å². The van der Waals surface area contributed by atoms with Crippen molar-refractivity contribution in [1.29, 1.82) is 0 Å². The molecule has 0 saturated heterocycles. The van der Waals surface area contributed by atoms with Gasteiger partial charge in [-0.1, -0.05) is 31.2 Å². The molecule has 3 aromatic rings. The van der Waals surface area contributed by atoms with Crippen LogP contribution in [0.3, 0.4) is 0 Å². The summed E-state index contributed by atoms with van der Waals surface area (Å²) in [6.07, 6.45) is 5.18. The summed E-state index contributed by atoms with van der Waals surface area (Å²) < 4.78 is 13.1. The number of nitrogens with one attached hydrogen (secondary N) is 1. The van der Waals surface area contributed by atoms with Gasteiger partial charge in [-0.05, 0) is 44.0 Å². The van der Waals surface area contributed by atoms with Crippen LogP contribution in [-0.4, -0.2) is 23.3 Å². The summed E-state index contributed by atoms with van der Waals surface area (Å²) in [5.74, 6) is 1.95. The second kappa shape index (κ2) is 9.96. The highest BCUT2D eigenvalue weighted by molar-refractivity contribution is 5.86. The van der Waals surface area contributed by atoms with E-state index in [1.807, 2.05) is 44.2 Å². The molecule has 6 nitrogen and oxygen atoms in total. The molecule has 6 heteroatoms. The van der Waals surface area contributed by atoms with E-state index >= 15 is 0 Å². The number of benzene rings is 1. The van der Waals surface area contributed by atoms with E-state index in [9.17, 15) is 4.79 Å². The third kappa shape index (κ3) is 4.82. The van der Waals surface area contributed by atoms with Gasteiger partial charge < -0.3 is 19.4 Å². The van der Waals surface area contributed by atoms with Gasteiger partial charge in [0.25, 0.3) is 0 Å².